The summed E-state index contributed by atoms with van der Waals surface area (Å²) in [6, 6.07) is 14.2. The Morgan fingerprint density at radius 2 is 1.97 bits per heavy atom. The Balaban J connectivity index is 1.33. The van der Waals surface area contributed by atoms with Crippen LogP contribution < -0.4 is 15.6 Å². The Kier molecular flexibility index (Phi) is 4.58. The van der Waals surface area contributed by atoms with E-state index in [2.05, 4.69) is 32.5 Å². The van der Waals surface area contributed by atoms with Gasteiger partial charge in [-0.05, 0) is 42.3 Å². The minimum atomic E-state index is 0.219. The average molecular weight is 420 g/mol. The van der Waals surface area contributed by atoms with Crippen LogP contribution in [0, 0.1) is 0 Å². The zero-order valence-corrected chi connectivity index (χ0v) is 17.7. The maximum atomic E-state index is 5.97. The molecular weight excluding hydrogens is 399 g/mol. The van der Waals surface area contributed by atoms with Crippen LogP contribution in [0.5, 0.6) is 5.75 Å². The van der Waals surface area contributed by atoms with E-state index in [0.29, 0.717) is 0 Å². The maximum absolute atomic E-state index is 5.97. The summed E-state index contributed by atoms with van der Waals surface area (Å²) < 4.78 is 7.77. The molecule has 8 heteroatoms. The second-order valence-corrected chi connectivity index (χ2v) is 8.11. The molecule has 1 unspecified atom stereocenters. The van der Waals surface area contributed by atoms with E-state index in [-0.39, 0.29) is 6.10 Å². The highest BCUT2D eigenvalue weighted by molar-refractivity contribution is 6.31. The van der Waals surface area contributed by atoms with Crippen LogP contribution in [0.1, 0.15) is 6.42 Å². The zero-order valence-electron chi connectivity index (χ0n) is 17.7. The van der Waals surface area contributed by atoms with Gasteiger partial charge in [-0.1, -0.05) is 24.3 Å². The van der Waals surface area contributed by atoms with Gasteiger partial charge in [0.2, 0.25) is 0 Å². The lowest BCUT2D eigenvalue weighted by Crippen LogP contribution is -2.19. The fourth-order valence-corrected chi connectivity index (χ4v) is 4.23. The van der Waals surface area contributed by atoms with Gasteiger partial charge in [0.05, 0.1) is 23.6 Å². The van der Waals surface area contributed by atoms with Crippen LogP contribution in [-0.4, -0.2) is 51.6 Å². The van der Waals surface area contributed by atoms with E-state index in [1.807, 2.05) is 56.8 Å². The van der Waals surface area contributed by atoms with Crippen molar-refractivity contribution in [3.63, 3.8) is 0 Å². The van der Waals surface area contributed by atoms with Crippen molar-refractivity contribution in [3.05, 3.63) is 67.3 Å². The number of hydrogen-bond acceptors (Lipinski definition) is 6. The summed E-state index contributed by atoms with van der Waals surface area (Å²) >= 11 is 0. The molecule has 1 saturated heterocycles. The molecule has 156 valence electrons. The Morgan fingerprint density at radius 1 is 1.00 bits per heavy atom. The smallest absolute Gasteiger partial charge is 0.163 e. The van der Waals surface area contributed by atoms with Crippen molar-refractivity contribution < 1.29 is 4.74 Å². The molecule has 0 aliphatic carbocycles. The first-order valence-electron chi connectivity index (χ1n) is 10.8. The molecule has 7 nitrogen and oxygen atoms in total. The molecule has 32 heavy (non-hydrogen) atoms. The molecule has 0 amide bonds. The van der Waals surface area contributed by atoms with Gasteiger partial charge in [0.1, 0.15) is 11.9 Å². The number of fused-ring (bicyclic) bond motifs is 2. The molecule has 0 bridgehead atoms. The Bertz CT molecular complexity index is 1430. The summed E-state index contributed by atoms with van der Waals surface area (Å²) in [5.41, 5.74) is 6.56. The van der Waals surface area contributed by atoms with Gasteiger partial charge in [-0.25, -0.2) is 9.50 Å². The summed E-state index contributed by atoms with van der Waals surface area (Å²) in [6.45, 7) is 1.89. The van der Waals surface area contributed by atoms with Gasteiger partial charge in [0.25, 0.3) is 0 Å². The number of benzene rings is 1. The molecule has 1 aliphatic rings. The minimum absolute atomic E-state index is 0.219. The first kappa shape index (κ1) is 19.0. The van der Waals surface area contributed by atoms with E-state index in [1.54, 1.807) is 10.7 Å². The molecule has 0 spiro atoms. The monoisotopic (exact) mass is 420 g/mol. The molecule has 5 aromatic rings. The lowest BCUT2D eigenvalue weighted by molar-refractivity contribution is 0.222. The van der Waals surface area contributed by atoms with Gasteiger partial charge >= 0.3 is 0 Å². The summed E-state index contributed by atoms with van der Waals surface area (Å²) in [5, 5.41) is 8.96. The van der Waals surface area contributed by atoms with Crippen molar-refractivity contribution in [3.8, 4) is 28.1 Å². The summed E-state index contributed by atoms with van der Waals surface area (Å²) in [5.74, 6) is 0.790. The Morgan fingerprint density at radius 3 is 2.81 bits per heavy atom. The lowest BCUT2D eigenvalue weighted by atomic mass is 9.99. The number of rotatable bonds is 4. The van der Waals surface area contributed by atoms with Gasteiger partial charge in [-0.3, -0.25) is 9.97 Å². The highest BCUT2D eigenvalue weighted by Gasteiger charge is 2.16. The predicted molar refractivity (Wildman–Crippen MR) is 127 cm³/mol. The van der Waals surface area contributed by atoms with Crippen LogP contribution in [0.3, 0.4) is 0 Å². The van der Waals surface area contributed by atoms with Gasteiger partial charge in [0.15, 0.2) is 13.5 Å². The number of aromatic nitrogens is 5. The van der Waals surface area contributed by atoms with Gasteiger partial charge in [-0.2, -0.15) is 5.10 Å². The molecule has 6 rings (SSSR count). The van der Waals surface area contributed by atoms with E-state index in [9.17, 15) is 0 Å². The van der Waals surface area contributed by atoms with E-state index < -0.39 is 0 Å². The van der Waals surface area contributed by atoms with E-state index in [0.717, 1.165) is 69.8 Å². The van der Waals surface area contributed by atoms with Crippen molar-refractivity contribution >= 4 is 30.0 Å². The number of ether oxygens (including phenoxy) is 1. The Hall–Kier alpha value is -3.78. The Labute approximate surface area is 185 Å². The lowest BCUT2D eigenvalue weighted by Gasteiger charge is -2.12. The molecule has 1 atom stereocenters. The van der Waals surface area contributed by atoms with Crippen LogP contribution in [0.25, 0.3) is 38.9 Å². The molecule has 0 radical (unpaired) electrons. The van der Waals surface area contributed by atoms with E-state index >= 15 is 0 Å². The first-order chi connectivity index (χ1) is 15.7. The molecule has 5 heterocycles. The summed E-state index contributed by atoms with van der Waals surface area (Å²) in [6.07, 6.45) is 8.69. The molecule has 1 N–H and O–H groups in total. The van der Waals surface area contributed by atoms with Crippen LogP contribution in [0.15, 0.2) is 67.3 Å². The van der Waals surface area contributed by atoms with Gasteiger partial charge < -0.3 is 10.1 Å². The number of hydrogen-bond donors (Lipinski definition) is 1. The number of nitrogens with one attached hydrogen (secondary N) is 1. The van der Waals surface area contributed by atoms with Gasteiger partial charge in [-0.15, -0.1) is 0 Å². The molecular formula is C24H21BN6O. The fourth-order valence-electron chi connectivity index (χ4n) is 4.23. The van der Waals surface area contributed by atoms with Crippen molar-refractivity contribution in [1.82, 2.24) is 29.9 Å². The molecule has 1 aromatic carbocycles. The molecule has 4 aromatic heterocycles. The molecule has 1 aliphatic heterocycles. The maximum Gasteiger partial charge on any atom is 0.163 e. The average Bonchev–Trinajstić information content (AvgIpc) is 3.48. The third kappa shape index (κ3) is 3.38. The second-order valence-electron chi connectivity index (χ2n) is 8.11. The molecule has 1 fully saturated rings. The van der Waals surface area contributed by atoms with Crippen LogP contribution in [-0.2, 0) is 0 Å². The molecule has 0 saturated carbocycles. The second kappa shape index (κ2) is 7.73. The quantitative estimate of drug-likeness (QED) is 0.449. The standard InChI is InChI=1S/C24H21BN6O/c25-23-7-5-19-18(2-1-3-22(19)30-23)20-13-29-31-14-15(10-28-24(20)31)21-6-4-16(12-27-21)32-17-8-9-26-11-17/h1-7,10,12-14,17,26H,8-9,11,25H2. The van der Waals surface area contributed by atoms with Crippen molar-refractivity contribution in [2.24, 2.45) is 0 Å². The normalized spacial score (nSPS) is 16.1. The third-order valence-corrected chi connectivity index (χ3v) is 5.87. The topological polar surface area (TPSA) is 77.2 Å². The fraction of sp³-hybridized carbons (Fsp3) is 0.167. The van der Waals surface area contributed by atoms with Crippen molar-refractivity contribution in [1.29, 1.82) is 0 Å². The van der Waals surface area contributed by atoms with E-state index in [4.69, 9.17) is 9.72 Å². The first-order valence-corrected chi connectivity index (χ1v) is 10.8. The minimum Gasteiger partial charge on any atom is -0.487 e. The third-order valence-electron chi connectivity index (χ3n) is 5.87. The number of nitrogens with zero attached hydrogens (tertiary/aromatic N) is 5. The zero-order chi connectivity index (χ0) is 21.5. The van der Waals surface area contributed by atoms with Crippen molar-refractivity contribution in [2.75, 3.05) is 13.1 Å². The van der Waals surface area contributed by atoms with Crippen LogP contribution in [0.2, 0.25) is 0 Å². The van der Waals surface area contributed by atoms with Crippen LogP contribution >= 0.6 is 0 Å². The van der Waals surface area contributed by atoms with Crippen molar-refractivity contribution in [2.45, 2.75) is 12.5 Å². The highest BCUT2D eigenvalue weighted by Crippen LogP contribution is 2.30. The largest absolute Gasteiger partial charge is 0.487 e. The highest BCUT2D eigenvalue weighted by atomic mass is 16.5. The van der Waals surface area contributed by atoms with E-state index in [1.165, 1.54) is 0 Å². The predicted octanol–water partition coefficient (Wildman–Crippen LogP) is 2.01. The SMILES string of the molecule is Bc1ccc2c(-c3cnn4cc(-c5ccc(OC6CCNC6)cn5)cnc34)cccc2n1. The number of pyridine rings is 2. The van der Waals surface area contributed by atoms with Crippen LogP contribution in [0.4, 0.5) is 0 Å². The van der Waals surface area contributed by atoms with Gasteiger partial charge in [0, 0.05) is 35.5 Å². The summed E-state index contributed by atoms with van der Waals surface area (Å²) in [4.78, 5) is 14.0. The summed E-state index contributed by atoms with van der Waals surface area (Å²) in [7, 11) is 2.00.